The molecule has 0 N–H and O–H groups in total. The third kappa shape index (κ3) is 3.31. The second kappa shape index (κ2) is 7.01. The molecule has 1 heterocycles. The fourth-order valence-electron chi connectivity index (χ4n) is 2.27. The van der Waals surface area contributed by atoms with Crippen molar-refractivity contribution in [2.75, 3.05) is 7.11 Å². The molecule has 3 rings (SSSR count). The van der Waals surface area contributed by atoms with E-state index in [1.165, 1.54) is 0 Å². The zero-order chi connectivity index (χ0) is 16.9. The quantitative estimate of drug-likeness (QED) is 0.665. The van der Waals surface area contributed by atoms with Gasteiger partial charge in [-0.05, 0) is 29.8 Å². The lowest BCUT2D eigenvalue weighted by atomic mass is 10.1. The zero-order valence-electron chi connectivity index (χ0n) is 13.0. The van der Waals surface area contributed by atoms with Gasteiger partial charge in [0.05, 0.1) is 17.6 Å². The molecule has 3 aromatic rings. The van der Waals surface area contributed by atoms with Crippen molar-refractivity contribution in [3.63, 3.8) is 0 Å². The molecule has 0 atom stereocenters. The molecule has 0 spiro atoms. The van der Waals surface area contributed by atoms with Gasteiger partial charge in [0, 0.05) is 7.11 Å². The summed E-state index contributed by atoms with van der Waals surface area (Å²) in [5.74, 6) is -0.546. The van der Waals surface area contributed by atoms with Gasteiger partial charge in [-0.3, -0.25) is 4.79 Å². The highest BCUT2D eigenvalue weighted by molar-refractivity contribution is 5.89. The van der Waals surface area contributed by atoms with Gasteiger partial charge < -0.3 is 9.47 Å². The first-order chi connectivity index (χ1) is 11.7. The minimum absolute atomic E-state index is 0.302. The lowest BCUT2D eigenvalue weighted by Gasteiger charge is -2.07. The van der Waals surface area contributed by atoms with Gasteiger partial charge in [0.2, 0.25) is 0 Å². The Balaban J connectivity index is 1.76. The van der Waals surface area contributed by atoms with Crippen molar-refractivity contribution < 1.29 is 14.3 Å². The summed E-state index contributed by atoms with van der Waals surface area (Å²) in [4.78, 5) is 24.4. The van der Waals surface area contributed by atoms with Crippen LogP contribution in [0.5, 0.6) is 0 Å². The van der Waals surface area contributed by atoms with Crippen LogP contribution in [0, 0.1) is 0 Å². The molecule has 0 aliphatic heterocycles. The predicted molar refractivity (Wildman–Crippen MR) is 86.4 cm³/mol. The van der Waals surface area contributed by atoms with Gasteiger partial charge in [-0.15, -0.1) is 5.10 Å². The van der Waals surface area contributed by atoms with Crippen LogP contribution in [0.3, 0.4) is 0 Å². The van der Waals surface area contributed by atoms with Crippen LogP contribution in [0.25, 0.3) is 10.9 Å². The highest BCUT2D eigenvalue weighted by Gasteiger charge is 2.10. The van der Waals surface area contributed by atoms with Crippen LogP contribution >= 0.6 is 0 Å². The topological polar surface area (TPSA) is 83.3 Å². The molecule has 0 radical (unpaired) electrons. The number of aromatic nitrogens is 3. The van der Waals surface area contributed by atoms with Gasteiger partial charge in [0.15, 0.2) is 6.73 Å². The largest absolute Gasteiger partial charge is 0.439 e. The Kier molecular flexibility index (Phi) is 4.62. The molecular weight excluding hydrogens is 310 g/mol. The van der Waals surface area contributed by atoms with Crippen LogP contribution in [0.4, 0.5) is 0 Å². The molecule has 0 saturated carbocycles. The van der Waals surface area contributed by atoms with E-state index >= 15 is 0 Å². The Hall–Kier alpha value is -3.06. The van der Waals surface area contributed by atoms with Crippen molar-refractivity contribution in [3.8, 4) is 0 Å². The third-order valence-electron chi connectivity index (χ3n) is 3.42. The van der Waals surface area contributed by atoms with E-state index in [-0.39, 0.29) is 12.3 Å². The number of nitrogens with zero attached hydrogens (tertiary/aromatic N) is 3. The number of carbonyl (C=O) groups is 1. The number of rotatable bonds is 5. The Morgan fingerprint density at radius 2 is 2.00 bits per heavy atom. The zero-order valence-corrected chi connectivity index (χ0v) is 13.0. The van der Waals surface area contributed by atoms with Gasteiger partial charge in [-0.25, -0.2) is 4.79 Å². The second-order valence-corrected chi connectivity index (χ2v) is 5.11. The van der Waals surface area contributed by atoms with E-state index in [4.69, 9.17) is 9.47 Å². The van der Waals surface area contributed by atoms with Crippen LogP contribution in [0.1, 0.15) is 15.9 Å². The Morgan fingerprint density at radius 1 is 1.17 bits per heavy atom. The Labute approximate surface area is 137 Å². The molecule has 122 valence electrons. The fraction of sp³-hybridized carbons (Fsp3) is 0.176. The first-order valence-electron chi connectivity index (χ1n) is 7.26. The van der Waals surface area contributed by atoms with E-state index in [1.807, 2.05) is 6.07 Å². The lowest BCUT2D eigenvalue weighted by molar-refractivity contribution is 0.0336. The number of ether oxygens (including phenoxy) is 2. The molecule has 24 heavy (non-hydrogen) atoms. The van der Waals surface area contributed by atoms with E-state index < -0.39 is 5.97 Å². The number of benzene rings is 2. The van der Waals surface area contributed by atoms with Crippen molar-refractivity contribution in [3.05, 3.63) is 70.0 Å². The van der Waals surface area contributed by atoms with Gasteiger partial charge in [0.1, 0.15) is 5.52 Å². The molecule has 0 fully saturated rings. The number of esters is 1. The van der Waals surface area contributed by atoms with Crippen molar-refractivity contribution in [2.24, 2.45) is 0 Å². The van der Waals surface area contributed by atoms with Crippen molar-refractivity contribution in [1.29, 1.82) is 0 Å². The molecule has 7 nitrogen and oxygen atoms in total. The standard InChI is InChI=1S/C17H15N3O4/c1-23-10-12-5-4-6-13(9-12)17(22)24-11-20-16(21)14-7-2-3-8-15(14)18-19-20/h2-9H,10-11H2,1H3. The molecule has 0 unspecified atom stereocenters. The maximum Gasteiger partial charge on any atom is 0.339 e. The molecule has 0 bridgehead atoms. The summed E-state index contributed by atoms with van der Waals surface area (Å²) in [6.07, 6.45) is 0. The van der Waals surface area contributed by atoms with Crippen LogP contribution in [-0.2, 0) is 22.8 Å². The second-order valence-electron chi connectivity index (χ2n) is 5.11. The molecule has 7 heteroatoms. The molecular formula is C17H15N3O4. The Morgan fingerprint density at radius 3 is 2.83 bits per heavy atom. The summed E-state index contributed by atoms with van der Waals surface area (Å²) in [6.45, 7) is 0.0980. The summed E-state index contributed by atoms with van der Waals surface area (Å²) >= 11 is 0. The van der Waals surface area contributed by atoms with Gasteiger partial charge >= 0.3 is 5.97 Å². The summed E-state index contributed by atoms with van der Waals surface area (Å²) in [5.41, 5.74) is 1.37. The number of hydrogen-bond acceptors (Lipinski definition) is 6. The number of hydrogen-bond donors (Lipinski definition) is 0. The monoisotopic (exact) mass is 325 g/mol. The summed E-state index contributed by atoms with van der Waals surface area (Å²) in [5, 5.41) is 8.13. The summed E-state index contributed by atoms with van der Waals surface area (Å²) < 4.78 is 11.2. The van der Waals surface area contributed by atoms with E-state index in [1.54, 1.807) is 49.6 Å². The minimum Gasteiger partial charge on any atom is -0.439 e. The predicted octanol–water partition coefficient (Wildman–Crippen LogP) is 1.75. The molecule has 0 saturated heterocycles. The highest BCUT2D eigenvalue weighted by atomic mass is 16.5. The molecule has 0 amide bonds. The minimum atomic E-state index is -0.546. The van der Waals surface area contributed by atoms with Crippen molar-refractivity contribution in [1.82, 2.24) is 15.0 Å². The molecule has 1 aromatic heterocycles. The van der Waals surface area contributed by atoms with E-state index in [9.17, 15) is 9.59 Å². The van der Waals surface area contributed by atoms with Gasteiger partial charge in [0.25, 0.3) is 5.56 Å². The van der Waals surface area contributed by atoms with Crippen molar-refractivity contribution >= 4 is 16.9 Å². The maximum absolute atomic E-state index is 12.3. The normalized spacial score (nSPS) is 10.7. The summed E-state index contributed by atoms with van der Waals surface area (Å²) in [7, 11) is 1.58. The third-order valence-corrected chi connectivity index (χ3v) is 3.42. The van der Waals surface area contributed by atoms with Crippen LogP contribution in [-0.4, -0.2) is 28.1 Å². The SMILES string of the molecule is COCc1cccc(C(=O)OCn2nnc3ccccc3c2=O)c1. The first kappa shape index (κ1) is 15.8. The van der Waals surface area contributed by atoms with E-state index in [0.29, 0.717) is 23.1 Å². The number of methoxy groups -OCH3 is 1. The molecule has 0 aliphatic carbocycles. The molecule has 0 aliphatic rings. The van der Waals surface area contributed by atoms with Crippen LogP contribution < -0.4 is 5.56 Å². The average Bonchev–Trinajstić information content (AvgIpc) is 2.62. The average molecular weight is 325 g/mol. The number of fused-ring (bicyclic) bond motifs is 1. The van der Waals surface area contributed by atoms with E-state index in [2.05, 4.69) is 10.3 Å². The first-order valence-corrected chi connectivity index (χ1v) is 7.26. The summed E-state index contributed by atoms with van der Waals surface area (Å²) in [6, 6.07) is 13.8. The smallest absolute Gasteiger partial charge is 0.339 e. The van der Waals surface area contributed by atoms with E-state index in [0.717, 1.165) is 10.2 Å². The lowest BCUT2D eigenvalue weighted by Crippen LogP contribution is -2.26. The fourth-order valence-corrected chi connectivity index (χ4v) is 2.27. The highest BCUT2D eigenvalue weighted by Crippen LogP contribution is 2.08. The van der Waals surface area contributed by atoms with Crippen molar-refractivity contribution in [2.45, 2.75) is 13.3 Å². The number of carbonyl (C=O) groups excluding carboxylic acids is 1. The van der Waals surface area contributed by atoms with Gasteiger partial charge in [-0.1, -0.05) is 29.5 Å². The van der Waals surface area contributed by atoms with Gasteiger partial charge in [-0.2, -0.15) is 4.68 Å². The van der Waals surface area contributed by atoms with Crippen LogP contribution in [0.15, 0.2) is 53.3 Å². The van der Waals surface area contributed by atoms with Crippen LogP contribution in [0.2, 0.25) is 0 Å². The Bertz CT molecular complexity index is 936. The molecule has 2 aromatic carbocycles. The maximum atomic E-state index is 12.3.